The van der Waals surface area contributed by atoms with Crippen molar-refractivity contribution >= 4 is 0 Å². The summed E-state index contributed by atoms with van der Waals surface area (Å²) in [4.78, 5) is 4.25. The number of nitrogens with zero attached hydrogens (tertiary/aromatic N) is 3. The maximum absolute atomic E-state index is 10.8. The minimum Gasteiger partial charge on any atom is -0.388 e. The second-order valence-electron chi connectivity index (χ2n) is 8.02. The molecule has 0 aliphatic heterocycles. The molecule has 1 aromatic carbocycles. The highest BCUT2D eigenvalue weighted by atomic mass is 16.3. The first-order valence-corrected chi connectivity index (χ1v) is 10.1. The summed E-state index contributed by atoms with van der Waals surface area (Å²) >= 11 is 0. The summed E-state index contributed by atoms with van der Waals surface area (Å²) in [5.41, 5.74) is 7.76. The van der Waals surface area contributed by atoms with Crippen LogP contribution in [0.2, 0.25) is 0 Å². The van der Waals surface area contributed by atoms with Crippen LogP contribution in [0.25, 0.3) is 5.69 Å². The summed E-state index contributed by atoms with van der Waals surface area (Å²) in [5, 5.41) is 15.4. The van der Waals surface area contributed by atoms with Gasteiger partial charge in [-0.15, -0.1) is 0 Å². The van der Waals surface area contributed by atoms with Gasteiger partial charge in [-0.1, -0.05) is 48.4 Å². The SMILES string of the molecule is C[C@@H]1C2=C(CC[C@@H]2CC(O)c2ccccc2)Cc2c1cnn2-c1cccnc1. The zero-order valence-electron chi connectivity index (χ0n) is 16.1. The van der Waals surface area contributed by atoms with Crippen molar-refractivity contribution in [2.24, 2.45) is 5.92 Å². The Bertz CT molecular complexity index is 1010. The van der Waals surface area contributed by atoms with E-state index >= 15 is 0 Å². The quantitative estimate of drug-likeness (QED) is 0.673. The maximum atomic E-state index is 10.8. The lowest BCUT2D eigenvalue weighted by Crippen LogP contribution is -2.17. The molecule has 2 heterocycles. The number of rotatable bonds is 4. The average Bonchev–Trinajstić information content (AvgIpc) is 3.34. The van der Waals surface area contributed by atoms with Crippen LogP contribution in [0, 0.1) is 5.92 Å². The fourth-order valence-corrected chi connectivity index (χ4v) is 5.11. The van der Waals surface area contributed by atoms with Crippen molar-refractivity contribution in [2.75, 3.05) is 0 Å². The molecule has 1 N–H and O–H groups in total. The van der Waals surface area contributed by atoms with Crippen LogP contribution in [0.1, 0.15) is 55.0 Å². The van der Waals surface area contributed by atoms with E-state index in [4.69, 9.17) is 0 Å². The van der Waals surface area contributed by atoms with Gasteiger partial charge in [-0.2, -0.15) is 5.10 Å². The largest absolute Gasteiger partial charge is 0.388 e. The topological polar surface area (TPSA) is 50.9 Å². The molecule has 2 aliphatic carbocycles. The molecule has 2 aromatic heterocycles. The number of aliphatic hydroxyl groups excluding tert-OH is 1. The zero-order valence-corrected chi connectivity index (χ0v) is 16.1. The minimum absolute atomic E-state index is 0.361. The Morgan fingerprint density at radius 3 is 2.79 bits per heavy atom. The first-order chi connectivity index (χ1) is 13.7. The zero-order chi connectivity index (χ0) is 19.1. The Balaban J connectivity index is 1.42. The van der Waals surface area contributed by atoms with Gasteiger partial charge in [0.15, 0.2) is 0 Å². The Labute approximate surface area is 165 Å². The predicted octanol–water partition coefficient (Wildman–Crippen LogP) is 4.76. The van der Waals surface area contributed by atoms with E-state index in [1.807, 2.05) is 48.8 Å². The molecule has 142 valence electrons. The summed E-state index contributed by atoms with van der Waals surface area (Å²) in [7, 11) is 0. The standard InChI is InChI=1S/C24H25N3O/c1-16-21-15-26-27(20-8-5-11-25-14-20)22(21)12-18-9-10-19(24(16)18)13-23(28)17-6-3-2-4-7-17/h2-8,11,14-16,19,23,28H,9-10,12-13H2,1H3/t16-,19+,23?/m0/s1. The fraction of sp³-hybridized carbons (Fsp3) is 0.333. The Kier molecular flexibility index (Phi) is 4.36. The van der Waals surface area contributed by atoms with Crippen LogP contribution >= 0.6 is 0 Å². The van der Waals surface area contributed by atoms with Gasteiger partial charge < -0.3 is 5.11 Å². The van der Waals surface area contributed by atoms with Crippen LogP contribution < -0.4 is 0 Å². The number of aliphatic hydroxyl groups is 1. The second-order valence-corrected chi connectivity index (χ2v) is 8.02. The van der Waals surface area contributed by atoms with Gasteiger partial charge in [0.05, 0.1) is 29.9 Å². The van der Waals surface area contributed by atoms with E-state index in [1.54, 1.807) is 17.3 Å². The molecule has 1 unspecified atom stereocenters. The van der Waals surface area contributed by atoms with Crippen molar-refractivity contribution in [3.05, 3.63) is 89.0 Å². The monoisotopic (exact) mass is 371 g/mol. The molecule has 3 aromatic rings. The number of allylic oxidation sites excluding steroid dienone is 2. The molecule has 4 heteroatoms. The molecule has 28 heavy (non-hydrogen) atoms. The van der Waals surface area contributed by atoms with Crippen molar-refractivity contribution in [1.82, 2.24) is 14.8 Å². The molecule has 4 nitrogen and oxygen atoms in total. The van der Waals surface area contributed by atoms with Crippen molar-refractivity contribution in [1.29, 1.82) is 0 Å². The molecule has 0 saturated heterocycles. The van der Waals surface area contributed by atoms with Crippen molar-refractivity contribution in [2.45, 2.75) is 44.6 Å². The Hall–Kier alpha value is -2.72. The van der Waals surface area contributed by atoms with Crippen molar-refractivity contribution in [3.63, 3.8) is 0 Å². The van der Waals surface area contributed by atoms with E-state index < -0.39 is 6.10 Å². The summed E-state index contributed by atoms with van der Waals surface area (Å²) < 4.78 is 2.05. The van der Waals surface area contributed by atoms with Crippen LogP contribution in [0.4, 0.5) is 0 Å². The van der Waals surface area contributed by atoms with E-state index in [0.29, 0.717) is 11.8 Å². The van der Waals surface area contributed by atoms with Crippen LogP contribution in [-0.4, -0.2) is 19.9 Å². The van der Waals surface area contributed by atoms with Crippen LogP contribution in [0.15, 0.2) is 72.2 Å². The van der Waals surface area contributed by atoms with Crippen LogP contribution in [-0.2, 0) is 6.42 Å². The Morgan fingerprint density at radius 2 is 2.00 bits per heavy atom. The predicted molar refractivity (Wildman–Crippen MR) is 109 cm³/mol. The molecule has 0 bridgehead atoms. The van der Waals surface area contributed by atoms with E-state index in [2.05, 4.69) is 27.8 Å². The van der Waals surface area contributed by atoms with Crippen molar-refractivity contribution in [3.8, 4) is 5.69 Å². The van der Waals surface area contributed by atoms with Gasteiger partial charge in [0, 0.05) is 24.1 Å². The van der Waals surface area contributed by atoms with E-state index in [9.17, 15) is 5.11 Å². The van der Waals surface area contributed by atoms with Gasteiger partial charge in [0.2, 0.25) is 0 Å². The summed E-state index contributed by atoms with van der Waals surface area (Å²) in [6.07, 6.45) is 9.33. The lowest BCUT2D eigenvalue weighted by atomic mass is 9.78. The third-order valence-corrected chi connectivity index (χ3v) is 6.44. The summed E-state index contributed by atoms with van der Waals surface area (Å²) in [6, 6.07) is 14.1. The second kappa shape index (κ2) is 7.02. The smallest absolute Gasteiger partial charge is 0.0832 e. The number of pyridine rings is 1. The number of benzene rings is 1. The molecule has 0 amide bonds. The van der Waals surface area contributed by atoms with Crippen LogP contribution in [0.5, 0.6) is 0 Å². The van der Waals surface area contributed by atoms with Gasteiger partial charge in [0.1, 0.15) is 0 Å². The molecule has 5 rings (SSSR count). The fourth-order valence-electron chi connectivity index (χ4n) is 5.11. The van der Waals surface area contributed by atoms with E-state index in [-0.39, 0.29) is 0 Å². The molecule has 0 saturated carbocycles. The lowest BCUT2D eigenvalue weighted by Gasteiger charge is -2.28. The van der Waals surface area contributed by atoms with E-state index in [1.165, 1.54) is 11.3 Å². The molecular formula is C24H25N3O. The molecule has 0 spiro atoms. The normalized spacial score (nSPS) is 22.1. The number of fused-ring (bicyclic) bond motifs is 1. The number of aromatic nitrogens is 3. The molecular weight excluding hydrogens is 346 g/mol. The third kappa shape index (κ3) is 2.89. The summed E-state index contributed by atoms with van der Waals surface area (Å²) in [5.74, 6) is 0.815. The number of hydrogen-bond donors (Lipinski definition) is 1. The van der Waals surface area contributed by atoms with Gasteiger partial charge in [-0.25, -0.2) is 4.68 Å². The first-order valence-electron chi connectivity index (χ1n) is 10.1. The minimum atomic E-state index is -0.398. The Morgan fingerprint density at radius 1 is 1.14 bits per heavy atom. The number of hydrogen-bond acceptors (Lipinski definition) is 3. The highest BCUT2D eigenvalue weighted by molar-refractivity contribution is 5.47. The third-order valence-electron chi connectivity index (χ3n) is 6.44. The summed E-state index contributed by atoms with van der Waals surface area (Å²) in [6.45, 7) is 2.30. The first kappa shape index (κ1) is 17.4. The molecule has 3 atom stereocenters. The highest BCUT2D eigenvalue weighted by Crippen LogP contribution is 2.49. The molecule has 0 fully saturated rings. The lowest BCUT2D eigenvalue weighted by molar-refractivity contribution is 0.149. The van der Waals surface area contributed by atoms with E-state index in [0.717, 1.165) is 36.9 Å². The molecule has 0 radical (unpaired) electrons. The highest BCUT2D eigenvalue weighted by Gasteiger charge is 2.36. The molecule has 2 aliphatic rings. The van der Waals surface area contributed by atoms with Crippen LogP contribution in [0.3, 0.4) is 0 Å². The van der Waals surface area contributed by atoms with Gasteiger partial charge in [-0.3, -0.25) is 4.98 Å². The average molecular weight is 371 g/mol. The van der Waals surface area contributed by atoms with Crippen molar-refractivity contribution < 1.29 is 5.11 Å². The maximum Gasteiger partial charge on any atom is 0.0832 e. The van der Waals surface area contributed by atoms with Gasteiger partial charge in [0.25, 0.3) is 0 Å². The van der Waals surface area contributed by atoms with Gasteiger partial charge >= 0.3 is 0 Å². The van der Waals surface area contributed by atoms with Gasteiger partial charge in [-0.05, 0) is 42.9 Å².